The first-order chi connectivity index (χ1) is 9.43. The lowest BCUT2D eigenvalue weighted by molar-refractivity contribution is -0.174. The van der Waals surface area contributed by atoms with Crippen molar-refractivity contribution in [2.45, 2.75) is 24.4 Å². The molecule has 1 aromatic carbocycles. The molecule has 0 amide bonds. The van der Waals surface area contributed by atoms with E-state index in [0.29, 0.717) is 12.8 Å². The summed E-state index contributed by atoms with van der Waals surface area (Å²) in [5, 5.41) is 19.1. The van der Waals surface area contributed by atoms with E-state index >= 15 is 0 Å². The van der Waals surface area contributed by atoms with Gasteiger partial charge in [0.2, 0.25) is 0 Å². The Kier molecular flexibility index (Phi) is 6.45. The van der Waals surface area contributed by atoms with Gasteiger partial charge in [0.05, 0.1) is 13.2 Å². The molecule has 114 valence electrons. The normalized spacial score (nSPS) is 12.7. The van der Waals surface area contributed by atoms with Gasteiger partial charge in [-0.2, -0.15) is 13.2 Å². The van der Waals surface area contributed by atoms with E-state index in [2.05, 4.69) is 4.74 Å². The van der Waals surface area contributed by atoms with Crippen LogP contribution in [0.1, 0.15) is 18.4 Å². The topological polar surface area (TPSA) is 49.7 Å². The number of hydrogen-bond donors (Lipinski definition) is 2. The second kappa shape index (κ2) is 7.61. The predicted molar refractivity (Wildman–Crippen MR) is 68.4 cm³/mol. The molecule has 0 spiro atoms. The molecule has 0 aromatic heterocycles. The maximum atomic E-state index is 11.9. The lowest BCUT2D eigenvalue weighted by Gasteiger charge is -2.30. The summed E-state index contributed by atoms with van der Waals surface area (Å²) in [5.41, 5.74) is -0.0797. The first-order valence-electron chi connectivity index (χ1n) is 6.35. The molecule has 0 fully saturated rings. The summed E-state index contributed by atoms with van der Waals surface area (Å²) in [6.07, 6.45) is -3.65. The van der Waals surface area contributed by atoms with Crippen LogP contribution in [-0.4, -0.2) is 42.8 Å². The van der Waals surface area contributed by atoms with E-state index in [4.69, 9.17) is 0 Å². The summed E-state index contributed by atoms with van der Waals surface area (Å²) in [5.74, 6) is 0. The number of aliphatic hydroxyl groups excluding tert-OH is 2. The van der Waals surface area contributed by atoms with E-state index in [0.717, 1.165) is 5.56 Å². The van der Waals surface area contributed by atoms with E-state index in [9.17, 15) is 23.4 Å². The molecule has 1 rings (SSSR count). The van der Waals surface area contributed by atoms with Gasteiger partial charge in [0.25, 0.3) is 0 Å². The smallest absolute Gasteiger partial charge is 0.395 e. The average Bonchev–Trinajstić information content (AvgIpc) is 2.43. The minimum absolute atomic E-state index is 0.0614. The molecule has 0 bridgehead atoms. The third kappa shape index (κ3) is 5.11. The zero-order valence-electron chi connectivity index (χ0n) is 11.1. The van der Waals surface area contributed by atoms with Crippen LogP contribution in [0.2, 0.25) is 0 Å². The molecular weight excluding hydrogens is 273 g/mol. The van der Waals surface area contributed by atoms with Crippen molar-refractivity contribution in [3.8, 4) is 0 Å². The SMILES string of the molecule is OCC(CO)(CCCOCC(F)(F)F)c1ccccc1. The molecule has 1 aromatic rings. The Balaban J connectivity index is 2.52. The fourth-order valence-electron chi connectivity index (χ4n) is 2.03. The molecule has 3 nitrogen and oxygen atoms in total. The summed E-state index contributed by atoms with van der Waals surface area (Å²) in [4.78, 5) is 0. The van der Waals surface area contributed by atoms with Crippen molar-refractivity contribution >= 4 is 0 Å². The molecule has 0 radical (unpaired) electrons. The fraction of sp³-hybridized carbons (Fsp3) is 0.571. The van der Waals surface area contributed by atoms with Crippen LogP contribution in [0.3, 0.4) is 0 Å². The molecule has 0 heterocycles. The van der Waals surface area contributed by atoms with Crippen LogP contribution < -0.4 is 0 Å². The first-order valence-corrected chi connectivity index (χ1v) is 6.35. The Hall–Kier alpha value is -1.11. The van der Waals surface area contributed by atoms with Crippen molar-refractivity contribution in [2.24, 2.45) is 0 Å². The lowest BCUT2D eigenvalue weighted by Crippen LogP contribution is -2.35. The Morgan fingerprint density at radius 1 is 1.00 bits per heavy atom. The van der Waals surface area contributed by atoms with Crippen LogP contribution in [0.25, 0.3) is 0 Å². The monoisotopic (exact) mass is 292 g/mol. The highest BCUT2D eigenvalue weighted by Crippen LogP contribution is 2.28. The zero-order valence-corrected chi connectivity index (χ0v) is 11.1. The van der Waals surface area contributed by atoms with Crippen molar-refractivity contribution in [3.05, 3.63) is 35.9 Å². The molecule has 0 atom stereocenters. The zero-order chi connectivity index (χ0) is 15.1. The maximum absolute atomic E-state index is 11.9. The highest BCUT2D eigenvalue weighted by atomic mass is 19.4. The third-order valence-corrected chi connectivity index (χ3v) is 3.20. The van der Waals surface area contributed by atoms with Gasteiger partial charge in [-0.05, 0) is 18.4 Å². The van der Waals surface area contributed by atoms with E-state index in [1.165, 1.54) is 0 Å². The molecule has 0 aliphatic rings. The van der Waals surface area contributed by atoms with Crippen molar-refractivity contribution in [3.63, 3.8) is 0 Å². The van der Waals surface area contributed by atoms with Crippen LogP contribution in [0.15, 0.2) is 30.3 Å². The van der Waals surface area contributed by atoms with Gasteiger partial charge in [-0.1, -0.05) is 30.3 Å². The fourth-order valence-corrected chi connectivity index (χ4v) is 2.03. The summed E-state index contributed by atoms with van der Waals surface area (Å²) >= 11 is 0. The number of ether oxygens (including phenoxy) is 1. The maximum Gasteiger partial charge on any atom is 0.411 e. The van der Waals surface area contributed by atoms with Gasteiger partial charge in [0.1, 0.15) is 6.61 Å². The molecule has 2 N–H and O–H groups in total. The summed E-state index contributed by atoms with van der Waals surface area (Å²) in [6.45, 7) is -1.88. The molecule has 20 heavy (non-hydrogen) atoms. The molecule has 0 unspecified atom stereocenters. The molecule has 0 saturated carbocycles. The quantitative estimate of drug-likeness (QED) is 0.723. The van der Waals surface area contributed by atoms with Crippen LogP contribution in [0.4, 0.5) is 13.2 Å². The van der Waals surface area contributed by atoms with Crippen molar-refractivity contribution in [1.29, 1.82) is 0 Å². The number of halogens is 3. The van der Waals surface area contributed by atoms with Crippen LogP contribution in [-0.2, 0) is 10.2 Å². The summed E-state index contributed by atoms with van der Waals surface area (Å²) in [7, 11) is 0. The Labute approximate surface area is 116 Å². The number of aliphatic hydroxyl groups is 2. The van der Waals surface area contributed by atoms with Gasteiger partial charge in [0, 0.05) is 12.0 Å². The van der Waals surface area contributed by atoms with E-state index in [1.807, 2.05) is 6.07 Å². The van der Waals surface area contributed by atoms with Gasteiger partial charge >= 0.3 is 6.18 Å². The van der Waals surface area contributed by atoms with Crippen molar-refractivity contribution < 1.29 is 28.1 Å². The number of benzene rings is 1. The highest BCUT2D eigenvalue weighted by molar-refractivity contribution is 5.25. The Bertz CT molecular complexity index is 375. The number of alkyl halides is 3. The second-order valence-corrected chi connectivity index (χ2v) is 4.73. The van der Waals surface area contributed by atoms with Gasteiger partial charge in [-0.25, -0.2) is 0 Å². The second-order valence-electron chi connectivity index (χ2n) is 4.73. The summed E-state index contributed by atoms with van der Waals surface area (Å²) < 4.78 is 40.3. The van der Waals surface area contributed by atoms with E-state index in [-0.39, 0.29) is 19.8 Å². The standard InChI is InChI=1S/C14H19F3O3/c15-14(16,17)11-20-8-4-7-13(9-18,10-19)12-5-2-1-3-6-12/h1-3,5-6,18-19H,4,7-11H2. The third-order valence-electron chi connectivity index (χ3n) is 3.20. The summed E-state index contributed by atoms with van der Waals surface area (Å²) in [6, 6.07) is 8.95. The van der Waals surface area contributed by atoms with Gasteiger partial charge < -0.3 is 14.9 Å². The Morgan fingerprint density at radius 3 is 2.10 bits per heavy atom. The number of hydrogen-bond acceptors (Lipinski definition) is 3. The predicted octanol–water partition coefficient (Wildman–Crippen LogP) is 2.27. The Morgan fingerprint density at radius 2 is 1.60 bits per heavy atom. The first kappa shape index (κ1) is 16.9. The average molecular weight is 292 g/mol. The van der Waals surface area contributed by atoms with Crippen LogP contribution >= 0.6 is 0 Å². The molecule has 0 aliphatic heterocycles. The molecule has 6 heteroatoms. The largest absolute Gasteiger partial charge is 0.411 e. The van der Waals surface area contributed by atoms with Crippen molar-refractivity contribution in [2.75, 3.05) is 26.4 Å². The van der Waals surface area contributed by atoms with E-state index < -0.39 is 18.2 Å². The minimum Gasteiger partial charge on any atom is -0.395 e. The highest BCUT2D eigenvalue weighted by Gasteiger charge is 2.31. The molecule has 0 saturated heterocycles. The van der Waals surface area contributed by atoms with Crippen molar-refractivity contribution in [1.82, 2.24) is 0 Å². The van der Waals surface area contributed by atoms with Gasteiger partial charge in [-0.3, -0.25) is 0 Å². The lowest BCUT2D eigenvalue weighted by atomic mass is 9.78. The van der Waals surface area contributed by atoms with Crippen LogP contribution in [0, 0.1) is 0 Å². The number of rotatable bonds is 8. The van der Waals surface area contributed by atoms with Gasteiger partial charge in [0.15, 0.2) is 0 Å². The molecule has 0 aliphatic carbocycles. The minimum atomic E-state index is -4.33. The van der Waals surface area contributed by atoms with Crippen LogP contribution in [0.5, 0.6) is 0 Å². The molecular formula is C14H19F3O3. The van der Waals surface area contributed by atoms with Gasteiger partial charge in [-0.15, -0.1) is 0 Å². The van der Waals surface area contributed by atoms with E-state index in [1.54, 1.807) is 24.3 Å².